The predicted octanol–water partition coefficient (Wildman–Crippen LogP) is 1.04. The lowest BCUT2D eigenvalue weighted by Gasteiger charge is -2.18. The summed E-state index contributed by atoms with van der Waals surface area (Å²) in [4.78, 5) is 8.00. The number of hydrogen-bond acceptors (Lipinski definition) is 3. The van der Waals surface area contributed by atoms with Gasteiger partial charge in [0.1, 0.15) is 6.79 Å². The van der Waals surface area contributed by atoms with E-state index in [-0.39, 0.29) is 7.03 Å². The second kappa shape index (κ2) is 6.71. The maximum Gasteiger partial charge on any atom is 0.106 e. The zero-order valence-corrected chi connectivity index (χ0v) is 7.23. The predicted molar refractivity (Wildman–Crippen MR) is 44.0 cm³/mol. The highest BCUT2D eigenvalue weighted by Crippen LogP contribution is 2.03. The molecule has 64 valence electrons. The van der Waals surface area contributed by atoms with Gasteiger partial charge < -0.3 is 9.53 Å². The van der Waals surface area contributed by atoms with E-state index < -0.39 is 0 Å². The molecule has 0 aliphatic carbocycles. The minimum Gasteiger partial charge on any atom is -0.361 e. The van der Waals surface area contributed by atoms with E-state index >= 15 is 0 Å². The van der Waals surface area contributed by atoms with Gasteiger partial charge in [0, 0.05) is 1.43 Å². The van der Waals surface area contributed by atoms with Gasteiger partial charge in [-0.2, -0.15) is 0 Å². The molecule has 1 N–H and O–H groups in total. The highest BCUT2D eigenvalue weighted by atomic mass is 16.5. The van der Waals surface area contributed by atoms with E-state index in [1.807, 2.05) is 34.6 Å². The van der Waals surface area contributed by atoms with Gasteiger partial charge in [-0.15, -0.1) is 0 Å². The van der Waals surface area contributed by atoms with Gasteiger partial charge in [-0.3, -0.25) is 5.32 Å². The normalized spacial score (nSPS) is 10.0. The summed E-state index contributed by atoms with van der Waals surface area (Å²) in [5.74, 6) is 0. The number of rotatable bonds is 2. The van der Waals surface area contributed by atoms with Crippen LogP contribution in [0.4, 0.5) is 0 Å². The molecule has 0 saturated heterocycles. The van der Waals surface area contributed by atoms with Crippen LogP contribution in [0.25, 0.3) is 0 Å². The van der Waals surface area contributed by atoms with Crippen molar-refractivity contribution in [2.45, 2.75) is 26.4 Å². The molecule has 3 nitrogen and oxygen atoms in total. The summed E-state index contributed by atoms with van der Waals surface area (Å²) in [6.07, 6.45) is 0. The molecule has 0 aromatic carbocycles. The summed E-state index contributed by atoms with van der Waals surface area (Å²) in [6.45, 7) is 8.72. The molecule has 0 aliphatic heterocycles. The summed E-state index contributed by atoms with van der Waals surface area (Å²) in [5.41, 5.74) is -0.0109. The standard InChI is InChI=1S/C6H15NO.CH2O.H2/c1-6(2,3)8-5-7-4;1-2;/h7H,5H2,1-4H3;1H2;1H. The van der Waals surface area contributed by atoms with Crippen molar-refractivity contribution < 1.29 is 11.0 Å². The lowest BCUT2D eigenvalue weighted by Crippen LogP contribution is -2.25. The first-order valence-electron chi connectivity index (χ1n) is 3.14. The Labute approximate surface area is 64.2 Å². The Balaban J connectivity index is -0.000000196. The average molecular weight is 149 g/mol. The van der Waals surface area contributed by atoms with Crippen LogP contribution >= 0.6 is 0 Å². The lowest BCUT2D eigenvalue weighted by atomic mass is 10.2. The van der Waals surface area contributed by atoms with Crippen molar-refractivity contribution in [1.82, 2.24) is 5.32 Å². The third-order valence-electron chi connectivity index (χ3n) is 0.650. The van der Waals surface area contributed by atoms with Gasteiger partial charge in [-0.25, -0.2) is 0 Å². The third kappa shape index (κ3) is 15.6. The van der Waals surface area contributed by atoms with Crippen LogP contribution < -0.4 is 5.32 Å². The van der Waals surface area contributed by atoms with E-state index in [0.29, 0.717) is 6.73 Å². The highest BCUT2D eigenvalue weighted by molar-refractivity contribution is 5.10. The van der Waals surface area contributed by atoms with Crippen LogP contribution in [0.5, 0.6) is 0 Å². The van der Waals surface area contributed by atoms with Crippen LogP contribution in [-0.2, 0) is 9.53 Å². The molecule has 0 fully saturated rings. The minimum absolute atomic E-state index is 0. The fraction of sp³-hybridized carbons (Fsp3) is 0.857. The Kier molecular flexibility index (Phi) is 8.24. The van der Waals surface area contributed by atoms with Crippen LogP contribution in [-0.4, -0.2) is 26.2 Å². The molecular formula is C7H19NO2. The number of hydrogen-bond donors (Lipinski definition) is 1. The van der Waals surface area contributed by atoms with E-state index in [1.54, 1.807) is 0 Å². The molecule has 0 amide bonds. The van der Waals surface area contributed by atoms with Crippen molar-refractivity contribution in [1.29, 1.82) is 0 Å². The van der Waals surface area contributed by atoms with Gasteiger partial charge in [0.05, 0.1) is 12.3 Å². The molecule has 0 rings (SSSR count). The second-order valence-corrected chi connectivity index (χ2v) is 2.75. The summed E-state index contributed by atoms with van der Waals surface area (Å²) in [5, 5.41) is 2.90. The summed E-state index contributed by atoms with van der Waals surface area (Å²) < 4.78 is 5.27. The summed E-state index contributed by atoms with van der Waals surface area (Å²) in [6, 6.07) is 0. The first kappa shape index (κ1) is 12.3. The molecule has 0 aromatic heterocycles. The largest absolute Gasteiger partial charge is 0.361 e. The monoisotopic (exact) mass is 149 g/mol. The fourth-order valence-electron chi connectivity index (χ4n) is 0.289. The van der Waals surface area contributed by atoms with Crippen molar-refractivity contribution in [3.63, 3.8) is 0 Å². The molecule has 0 spiro atoms. The van der Waals surface area contributed by atoms with E-state index in [4.69, 9.17) is 9.53 Å². The zero-order chi connectivity index (χ0) is 8.62. The third-order valence-corrected chi connectivity index (χ3v) is 0.650. The van der Waals surface area contributed by atoms with Gasteiger partial charge in [0.25, 0.3) is 0 Å². The van der Waals surface area contributed by atoms with Gasteiger partial charge >= 0.3 is 0 Å². The van der Waals surface area contributed by atoms with Crippen molar-refractivity contribution in [3.8, 4) is 0 Å². The molecule has 0 atom stereocenters. The Bertz CT molecular complexity index is 73.3. The Morgan fingerprint density at radius 2 is 1.90 bits per heavy atom. The molecular weight excluding hydrogens is 130 g/mol. The minimum atomic E-state index is -0.0109. The topological polar surface area (TPSA) is 38.3 Å². The molecule has 0 unspecified atom stereocenters. The van der Waals surface area contributed by atoms with Gasteiger partial charge in [0.2, 0.25) is 0 Å². The molecule has 0 bridgehead atoms. The van der Waals surface area contributed by atoms with Crippen LogP contribution in [0, 0.1) is 0 Å². The van der Waals surface area contributed by atoms with Crippen molar-refractivity contribution >= 4 is 6.79 Å². The van der Waals surface area contributed by atoms with Gasteiger partial charge in [0.15, 0.2) is 0 Å². The average Bonchev–Trinajstić information content (AvgIpc) is 1.87. The van der Waals surface area contributed by atoms with Crippen molar-refractivity contribution in [2.75, 3.05) is 13.8 Å². The maximum atomic E-state index is 8.00. The summed E-state index contributed by atoms with van der Waals surface area (Å²) in [7, 11) is 1.87. The SMILES string of the molecule is C=O.CNCOC(C)(C)C.[HH]. The van der Waals surface area contributed by atoms with Crippen LogP contribution in [0.2, 0.25) is 0 Å². The second-order valence-electron chi connectivity index (χ2n) is 2.75. The molecule has 0 radical (unpaired) electrons. The van der Waals surface area contributed by atoms with Crippen molar-refractivity contribution in [3.05, 3.63) is 0 Å². The number of nitrogens with one attached hydrogen (secondary N) is 1. The molecule has 0 aliphatic rings. The molecule has 0 aromatic rings. The Morgan fingerprint density at radius 3 is 2.00 bits per heavy atom. The van der Waals surface area contributed by atoms with Crippen LogP contribution in [0.1, 0.15) is 22.2 Å². The highest BCUT2D eigenvalue weighted by Gasteiger charge is 2.07. The van der Waals surface area contributed by atoms with Gasteiger partial charge in [-0.05, 0) is 27.8 Å². The number of ether oxygens (including phenoxy) is 1. The molecule has 10 heavy (non-hydrogen) atoms. The summed E-state index contributed by atoms with van der Waals surface area (Å²) >= 11 is 0. The first-order chi connectivity index (χ1) is 4.56. The number of carbonyl (C=O) groups is 1. The quantitative estimate of drug-likeness (QED) is 0.596. The maximum absolute atomic E-state index is 8.00. The fourth-order valence-corrected chi connectivity index (χ4v) is 0.289. The molecule has 0 heterocycles. The molecule has 0 saturated carbocycles. The smallest absolute Gasteiger partial charge is 0.106 e. The van der Waals surface area contributed by atoms with Gasteiger partial charge in [-0.1, -0.05) is 0 Å². The number of carbonyl (C=O) groups excluding carboxylic acids is 1. The van der Waals surface area contributed by atoms with Crippen molar-refractivity contribution in [2.24, 2.45) is 0 Å². The van der Waals surface area contributed by atoms with Crippen LogP contribution in [0.15, 0.2) is 0 Å². The Hall–Kier alpha value is -0.410. The van der Waals surface area contributed by atoms with E-state index in [9.17, 15) is 0 Å². The van der Waals surface area contributed by atoms with E-state index in [2.05, 4.69) is 5.32 Å². The van der Waals surface area contributed by atoms with Crippen LogP contribution in [0.3, 0.4) is 0 Å². The van der Waals surface area contributed by atoms with E-state index in [0.717, 1.165) is 0 Å². The Morgan fingerprint density at radius 1 is 1.50 bits per heavy atom. The first-order valence-corrected chi connectivity index (χ1v) is 3.14. The van der Waals surface area contributed by atoms with E-state index in [1.165, 1.54) is 0 Å². The zero-order valence-electron chi connectivity index (χ0n) is 7.23. The molecule has 3 heteroatoms. The lowest BCUT2D eigenvalue weighted by molar-refractivity contribution is -0.0979.